The Bertz CT molecular complexity index is 4290. The zero-order chi connectivity index (χ0) is 46.8. The van der Waals surface area contributed by atoms with Crippen molar-refractivity contribution in [1.82, 2.24) is 4.57 Å². The molecule has 0 saturated heterocycles. The highest BCUT2D eigenvalue weighted by molar-refractivity contribution is 6.12. The first-order valence-corrected chi connectivity index (χ1v) is 24.3. The van der Waals surface area contributed by atoms with E-state index in [1.54, 1.807) is 0 Å². The van der Waals surface area contributed by atoms with Crippen LogP contribution in [0.15, 0.2) is 271 Å². The lowest BCUT2D eigenvalue weighted by Crippen LogP contribution is -2.11. The topological polar surface area (TPSA) is 21.3 Å². The van der Waals surface area contributed by atoms with Crippen molar-refractivity contribution in [3.63, 3.8) is 0 Å². The van der Waals surface area contributed by atoms with E-state index in [1.807, 2.05) is 12.1 Å². The number of benzene rings is 12. The number of rotatable bonds is 8. The quantitative estimate of drug-likeness (QED) is 0.142. The molecule has 0 atom stereocenters. The molecule has 3 nitrogen and oxygen atoms in total. The highest BCUT2D eigenvalue weighted by Crippen LogP contribution is 2.46. The van der Waals surface area contributed by atoms with Crippen LogP contribution in [0.1, 0.15) is 0 Å². The number of anilines is 3. The Morgan fingerprint density at radius 3 is 1.55 bits per heavy atom. The van der Waals surface area contributed by atoms with Crippen LogP contribution in [-0.2, 0) is 0 Å². The summed E-state index contributed by atoms with van der Waals surface area (Å²) in [5.41, 5.74) is 17.6. The number of para-hydroxylation sites is 6. The Morgan fingerprint density at radius 2 is 0.803 bits per heavy atom. The van der Waals surface area contributed by atoms with Gasteiger partial charge in [0.05, 0.1) is 22.4 Å². The fraction of sp³-hybridized carbons (Fsp3) is 0. The van der Waals surface area contributed by atoms with E-state index >= 15 is 0 Å². The van der Waals surface area contributed by atoms with Gasteiger partial charge in [-0.15, -0.1) is 0 Å². The minimum absolute atomic E-state index is 0.896. The maximum Gasteiger partial charge on any atom is 0.143 e. The van der Waals surface area contributed by atoms with Crippen molar-refractivity contribution in [3.8, 4) is 50.2 Å². The van der Waals surface area contributed by atoms with Gasteiger partial charge >= 0.3 is 0 Å². The van der Waals surface area contributed by atoms with Crippen LogP contribution >= 0.6 is 0 Å². The second kappa shape index (κ2) is 16.7. The van der Waals surface area contributed by atoms with E-state index in [9.17, 15) is 0 Å². The normalized spacial score (nSPS) is 11.7. The highest BCUT2D eigenvalue weighted by Gasteiger charge is 2.22. The van der Waals surface area contributed by atoms with Crippen molar-refractivity contribution in [1.29, 1.82) is 0 Å². The number of nitrogens with zero attached hydrogens (tertiary/aromatic N) is 2. The number of furan rings is 1. The van der Waals surface area contributed by atoms with E-state index in [0.717, 1.165) is 78.1 Å². The Labute approximate surface area is 411 Å². The summed E-state index contributed by atoms with van der Waals surface area (Å²) in [6, 6.07) is 96.8. The van der Waals surface area contributed by atoms with Gasteiger partial charge in [0.25, 0.3) is 0 Å². The lowest BCUT2D eigenvalue weighted by molar-refractivity contribution is 0.670. The smallest absolute Gasteiger partial charge is 0.143 e. The second-order valence-electron chi connectivity index (χ2n) is 18.4. The van der Waals surface area contributed by atoms with Crippen LogP contribution in [0.2, 0.25) is 0 Å². The Kier molecular flexibility index (Phi) is 9.53. The van der Waals surface area contributed by atoms with Crippen molar-refractivity contribution in [2.45, 2.75) is 0 Å². The van der Waals surface area contributed by atoms with Crippen LogP contribution in [0.25, 0.3) is 115 Å². The zero-order valence-corrected chi connectivity index (χ0v) is 38.7. The summed E-state index contributed by atoms with van der Waals surface area (Å²) in [5.74, 6) is 0. The van der Waals surface area contributed by atoms with Gasteiger partial charge in [-0.1, -0.05) is 206 Å². The summed E-state index contributed by atoms with van der Waals surface area (Å²) in [4.78, 5) is 2.41. The van der Waals surface area contributed by atoms with Crippen LogP contribution < -0.4 is 4.90 Å². The van der Waals surface area contributed by atoms with Gasteiger partial charge in [-0.2, -0.15) is 0 Å². The van der Waals surface area contributed by atoms with E-state index in [0.29, 0.717) is 0 Å². The van der Waals surface area contributed by atoms with Gasteiger partial charge in [0.1, 0.15) is 11.2 Å². The molecule has 0 fully saturated rings. The molecule has 0 saturated carbocycles. The molecule has 0 bridgehead atoms. The molecule has 0 spiro atoms. The van der Waals surface area contributed by atoms with Crippen LogP contribution in [0.4, 0.5) is 17.1 Å². The Balaban J connectivity index is 0.920. The van der Waals surface area contributed by atoms with E-state index in [-0.39, 0.29) is 0 Å². The average Bonchev–Trinajstić information content (AvgIpc) is 4.00. The Hall–Kier alpha value is -9.44. The van der Waals surface area contributed by atoms with E-state index in [1.165, 1.54) is 54.5 Å². The van der Waals surface area contributed by atoms with Crippen molar-refractivity contribution < 1.29 is 4.42 Å². The molecule has 0 radical (unpaired) electrons. The maximum absolute atomic E-state index is 6.52. The van der Waals surface area contributed by atoms with Crippen LogP contribution in [0.3, 0.4) is 0 Å². The maximum atomic E-state index is 6.52. The Morgan fingerprint density at radius 1 is 0.296 bits per heavy atom. The van der Waals surface area contributed by atoms with Crippen LogP contribution in [-0.4, -0.2) is 4.57 Å². The summed E-state index contributed by atoms with van der Waals surface area (Å²) in [6.45, 7) is 0. The van der Waals surface area contributed by atoms with Crippen molar-refractivity contribution in [3.05, 3.63) is 267 Å². The molecule has 14 aromatic rings. The molecule has 0 amide bonds. The predicted octanol–water partition coefficient (Wildman–Crippen LogP) is 19.1. The molecular formula is C68H44N2O. The van der Waals surface area contributed by atoms with Gasteiger partial charge in [-0.3, -0.25) is 0 Å². The zero-order valence-electron chi connectivity index (χ0n) is 38.7. The minimum atomic E-state index is 0.896. The lowest BCUT2D eigenvalue weighted by Gasteiger charge is -2.29. The van der Waals surface area contributed by atoms with Crippen LogP contribution in [0, 0.1) is 0 Å². The van der Waals surface area contributed by atoms with Gasteiger partial charge in [0, 0.05) is 49.6 Å². The minimum Gasteiger partial charge on any atom is -0.455 e. The van der Waals surface area contributed by atoms with Crippen molar-refractivity contribution >= 4 is 82.4 Å². The summed E-state index contributed by atoms with van der Waals surface area (Å²) in [6.07, 6.45) is 0. The third kappa shape index (κ3) is 6.74. The van der Waals surface area contributed by atoms with Crippen molar-refractivity contribution in [2.75, 3.05) is 4.90 Å². The molecule has 12 aromatic carbocycles. The van der Waals surface area contributed by atoms with E-state index < -0.39 is 0 Å². The van der Waals surface area contributed by atoms with E-state index in [4.69, 9.17) is 4.42 Å². The van der Waals surface area contributed by atoms with Gasteiger partial charge in [0.2, 0.25) is 0 Å². The standard InChI is InChI=1S/C68H44N2O/c1-2-17-52-46(16-1)32-33-49-44-48(38-43-53(49)52)45-34-39-50(40-35-45)69(51-41-36-47(37-42-51)54-25-15-26-62-61-24-9-14-31-67(61)71-68(54)62)63-27-10-5-20-57(63)55-18-3-4-19-56(55)58-21-6-11-28-64(58)70-65-29-12-7-22-59(65)60-23-8-13-30-66(60)70/h1-44H. The molecule has 71 heavy (non-hydrogen) atoms. The first-order chi connectivity index (χ1) is 35.2. The summed E-state index contributed by atoms with van der Waals surface area (Å²) in [7, 11) is 0. The fourth-order valence-corrected chi connectivity index (χ4v) is 11.1. The van der Waals surface area contributed by atoms with Crippen LogP contribution in [0.5, 0.6) is 0 Å². The molecule has 14 rings (SSSR count). The van der Waals surface area contributed by atoms with E-state index in [2.05, 4.69) is 264 Å². The van der Waals surface area contributed by atoms with Gasteiger partial charge < -0.3 is 13.9 Å². The molecule has 3 heteroatoms. The summed E-state index contributed by atoms with van der Waals surface area (Å²) < 4.78 is 8.95. The molecule has 0 aliphatic rings. The van der Waals surface area contributed by atoms with Crippen molar-refractivity contribution in [2.24, 2.45) is 0 Å². The average molecular weight is 905 g/mol. The molecule has 332 valence electrons. The molecular weight excluding hydrogens is 861 g/mol. The number of hydrogen-bond acceptors (Lipinski definition) is 2. The highest BCUT2D eigenvalue weighted by atomic mass is 16.3. The molecule has 2 aromatic heterocycles. The number of fused-ring (bicyclic) bond motifs is 9. The number of aromatic nitrogens is 1. The van der Waals surface area contributed by atoms with Gasteiger partial charge in [-0.25, -0.2) is 0 Å². The fourth-order valence-electron chi connectivity index (χ4n) is 11.1. The first kappa shape index (κ1) is 40.6. The molecule has 2 heterocycles. The third-order valence-electron chi connectivity index (χ3n) is 14.4. The molecule has 0 aliphatic heterocycles. The SMILES string of the molecule is c1ccc(-c2ccccc2-n2c3ccccc3c3ccccc32)c(-c2ccccc2N(c2ccc(-c3ccc4c(ccc5ccccc54)c3)cc2)c2ccc(-c3cccc4c3oc3ccccc34)cc2)c1. The number of hydrogen-bond donors (Lipinski definition) is 0. The molecule has 0 unspecified atom stereocenters. The summed E-state index contributed by atoms with van der Waals surface area (Å²) >= 11 is 0. The molecule has 0 aliphatic carbocycles. The lowest BCUT2D eigenvalue weighted by atomic mass is 9.92. The monoisotopic (exact) mass is 904 g/mol. The predicted molar refractivity (Wildman–Crippen MR) is 299 cm³/mol. The molecule has 0 N–H and O–H groups in total. The van der Waals surface area contributed by atoms with Gasteiger partial charge in [-0.05, 0) is 110 Å². The largest absolute Gasteiger partial charge is 0.455 e. The second-order valence-corrected chi connectivity index (χ2v) is 18.4. The summed E-state index contributed by atoms with van der Waals surface area (Å²) in [5, 5.41) is 9.77. The van der Waals surface area contributed by atoms with Gasteiger partial charge in [0.15, 0.2) is 0 Å². The first-order valence-electron chi connectivity index (χ1n) is 24.3. The third-order valence-corrected chi connectivity index (χ3v) is 14.4.